The van der Waals surface area contributed by atoms with E-state index < -0.39 is 13.9 Å². The van der Waals surface area contributed by atoms with Crippen molar-refractivity contribution in [2.45, 2.75) is 26.9 Å². The van der Waals surface area contributed by atoms with Gasteiger partial charge in [-0.1, -0.05) is 29.8 Å². The van der Waals surface area contributed by atoms with Gasteiger partial charge in [0.1, 0.15) is 0 Å². The van der Waals surface area contributed by atoms with Gasteiger partial charge in [0.25, 0.3) is 0 Å². The first-order valence-corrected chi connectivity index (χ1v) is 7.54. The van der Waals surface area contributed by atoms with Gasteiger partial charge in [0.05, 0.1) is 19.3 Å². The molecule has 1 aromatic carbocycles. The highest BCUT2D eigenvalue weighted by molar-refractivity contribution is 7.48. The molecule has 1 aromatic rings. The van der Waals surface area contributed by atoms with Gasteiger partial charge in [0, 0.05) is 0 Å². The Hall–Kier alpha value is -1.18. The lowest BCUT2D eigenvalue weighted by molar-refractivity contribution is 0.103. The zero-order valence-corrected chi connectivity index (χ0v) is 12.2. The highest BCUT2D eigenvalue weighted by Gasteiger charge is 2.30. The van der Waals surface area contributed by atoms with Crippen molar-refractivity contribution in [2.75, 3.05) is 13.2 Å². The van der Waals surface area contributed by atoms with E-state index in [0.29, 0.717) is 5.56 Å². The summed E-state index contributed by atoms with van der Waals surface area (Å²) in [4.78, 5) is 0. The second kappa shape index (κ2) is 7.42. The Morgan fingerprint density at radius 2 is 1.74 bits per heavy atom. The molecule has 0 spiro atoms. The molecule has 0 saturated heterocycles. The fraction of sp³-hybridized carbons (Fsp3) is 0.462. The Bertz CT molecular complexity index is 470. The molecule has 0 bridgehead atoms. The van der Waals surface area contributed by atoms with E-state index in [-0.39, 0.29) is 13.2 Å². The molecule has 19 heavy (non-hydrogen) atoms. The summed E-state index contributed by atoms with van der Waals surface area (Å²) < 4.78 is 27.5. The summed E-state index contributed by atoms with van der Waals surface area (Å²) in [7, 11) is -3.69. The normalized spacial score (nSPS) is 12.9. The largest absolute Gasteiger partial charge is 0.476 e. The van der Waals surface area contributed by atoms with E-state index >= 15 is 0 Å². The van der Waals surface area contributed by atoms with Crippen LogP contribution in [0.2, 0.25) is 0 Å². The van der Waals surface area contributed by atoms with E-state index in [1.54, 1.807) is 26.0 Å². The lowest BCUT2D eigenvalue weighted by Crippen LogP contribution is -2.05. The van der Waals surface area contributed by atoms with Gasteiger partial charge < -0.3 is 0 Å². The van der Waals surface area contributed by atoms with Crippen molar-refractivity contribution < 1.29 is 18.1 Å². The topological polar surface area (TPSA) is 68.6 Å². The number of benzene rings is 1. The highest BCUT2D eigenvalue weighted by atomic mass is 31.2. The van der Waals surface area contributed by atoms with Crippen LogP contribution in [0.15, 0.2) is 24.3 Å². The average Bonchev–Trinajstić information content (AvgIpc) is 2.38. The van der Waals surface area contributed by atoms with E-state index in [9.17, 15) is 4.57 Å². The van der Waals surface area contributed by atoms with Crippen molar-refractivity contribution >= 4 is 7.82 Å². The summed E-state index contributed by atoms with van der Waals surface area (Å²) in [5.41, 5.74) is 1.69. The van der Waals surface area contributed by atoms with Gasteiger partial charge in [-0.25, -0.2) is 4.57 Å². The Morgan fingerprint density at radius 3 is 2.16 bits per heavy atom. The molecule has 1 atom stereocenters. The quantitative estimate of drug-likeness (QED) is 0.713. The van der Waals surface area contributed by atoms with Crippen LogP contribution in [-0.4, -0.2) is 13.2 Å². The maximum atomic E-state index is 12.2. The van der Waals surface area contributed by atoms with Crippen LogP contribution in [0.25, 0.3) is 0 Å². The molecule has 6 heteroatoms. The van der Waals surface area contributed by atoms with Gasteiger partial charge in [-0.05, 0) is 26.3 Å². The third-order valence-corrected chi connectivity index (χ3v) is 3.92. The van der Waals surface area contributed by atoms with Crippen LogP contribution >= 0.6 is 7.82 Å². The summed E-state index contributed by atoms with van der Waals surface area (Å²) >= 11 is 0. The maximum absolute atomic E-state index is 12.2. The third kappa shape index (κ3) is 4.77. The molecule has 0 aromatic heterocycles. The van der Waals surface area contributed by atoms with E-state index in [1.165, 1.54) is 0 Å². The molecule has 0 N–H and O–H groups in total. The molecule has 0 saturated carbocycles. The van der Waals surface area contributed by atoms with Crippen molar-refractivity contribution in [1.29, 1.82) is 5.26 Å². The summed E-state index contributed by atoms with van der Waals surface area (Å²) in [6, 6.07) is 9.18. The van der Waals surface area contributed by atoms with Gasteiger partial charge in [-0.15, -0.1) is 0 Å². The monoisotopic (exact) mass is 283 g/mol. The predicted octanol–water partition coefficient (Wildman–Crippen LogP) is 3.76. The summed E-state index contributed by atoms with van der Waals surface area (Å²) in [6.45, 7) is 5.68. The SMILES string of the molecule is CCOP(=O)(OCC)O[C@@H](C#N)c1ccc(C)cc1. The smallest absolute Gasteiger partial charge is 0.287 e. The van der Waals surface area contributed by atoms with E-state index in [0.717, 1.165) is 5.56 Å². The van der Waals surface area contributed by atoms with Gasteiger partial charge in [0.2, 0.25) is 0 Å². The minimum absolute atomic E-state index is 0.184. The second-order valence-corrected chi connectivity index (χ2v) is 5.43. The number of nitriles is 1. The molecule has 0 aliphatic rings. The number of rotatable bonds is 7. The minimum Gasteiger partial charge on any atom is -0.287 e. The number of hydrogen-bond donors (Lipinski definition) is 0. The molecule has 0 unspecified atom stereocenters. The van der Waals surface area contributed by atoms with Gasteiger partial charge in [0.15, 0.2) is 6.10 Å². The molecule has 0 aliphatic carbocycles. The van der Waals surface area contributed by atoms with Crippen LogP contribution in [0.1, 0.15) is 31.1 Å². The van der Waals surface area contributed by atoms with Crippen molar-refractivity contribution in [3.8, 4) is 6.07 Å². The van der Waals surface area contributed by atoms with Crippen LogP contribution in [0.3, 0.4) is 0 Å². The summed E-state index contributed by atoms with van der Waals surface area (Å²) in [6.07, 6.45) is -0.982. The van der Waals surface area contributed by atoms with E-state index in [2.05, 4.69) is 0 Å². The molecular weight excluding hydrogens is 265 g/mol. The van der Waals surface area contributed by atoms with Gasteiger partial charge >= 0.3 is 7.82 Å². The molecule has 1 rings (SSSR count). The molecule has 0 amide bonds. The van der Waals surface area contributed by atoms with E-state index in [4.69, 9.17) is 18.8 Å². The molecule has 0 aliphatic heterocycles. The zero-order valence-electron chi connectivity index (χ0n) is 11.3. The molecule has 0 radical (unpaired) electrons. The van der Waals surface area contributed by atoms with Crippen LogP contribution in [0.4, 0.5) is 0 Å². The van der Waals surface area contributed by atoms with Crippen molar-refractivity contribution in [1.82, 2.24) is 0 Å². The van der Waals surface area contributed by atoms with Gasteiger partial charge in [-0.2, -0.15) is 5.26 Å². The van der Waals surface area contributed by atoms with E-state index in [1.807, 2.05) is 25.1 Å². The molecule has 104 valence electrons. The van der Waals surface area contributed by atoms with Crippen molar-refractivity contribution in [3.63, 3.8) is 0 Å². The van der Waals surface area contributed by atoms with Crippen molar-refractivity contribution in [2.24, 2.45) is 0 Å². The maximum Gasteiger partial charge on any atom is 0.476 e. The minimum atomic E-state index is -3.69. The summed E-state index contributed by atoms with van der Waals surface area (Å²) in [5, 5.41) is 9.14. The number of nitrogens with zero attached hydrogens (tertiary/aromatic N) is 1. The second-order valence-electron chi connectivity index (χ2n) is 3.81. The first-order valence-electron chi connectivity index (χ1n) is 6.08. The fourth-order valence-corrected chi connectivity index (χ4v) is 2.70. The number of phosphoric ester groups is 1. The van der Waals surface area contributed by atoms with Crippen LogP contribution in [-0.2, 0) is 18.1 Å². The fourth-order valence-electron chi connectivity index (χ4n) is 1.44. The van der Waals surface area contributed by atoms with Crippen molar-refractivity contribution in [3.05, 3.63) is 35.4 Å². The molecule has 0 heterocycles. The Balaban J connectivity index is 2.89. The molecule has 5 nitrogen and oxygen atoms in total. The zero-order chi connectivity index (χ0) is 14.3. The van der Waals surface area contributed by atoms with Gasteiger partial charge in [-0.3, -0.25) is 13.6 Å². The predicted molar refractivity (Wildman–Crippen MR) is 71.5 cm³/mol. The lowest BCUT2D eigenvalue weighted by Gasteiger charge is -2.19. The lowest BCUT2D eigenvalue weighted by atomic mass is 10.1. The van der Waals surface area contributed by atoms with Crippen LogP contribution in [0, 0.1) is 18.3 Å². The number of phosphoric acid groups is 1. The molecule has 0 fully saturated rings. The first kappa shape index (κ1) is 15.9. The number of aryl methyl sites for hydroxylation is 1. The standard InChI is InChI=1S/C13H18NO4P/c1-4-16-19(15,17-5-2)18-13(10-14)12-8-6-11(3)7-9-12/h6-9,13H,4-5H2,1-3H3/t13-/m0/s1. The Morgan fingerprint density at radius 1 is 1.21 bits per heavy atom. The summed E-state index contributed by atoms with van der Waals surface area (Å²) in [5.74, 6) is 0. The highest BCUT2D eigenvalue weighted by Crippen LogP contribution is 2.52. The molecular formula is C13H18NO4P. The number of hydrogen-bond acceptors (Lipinski definition) is 5. The van der Waals surface area contributed by atoms with Crippen LogP contribution < -0.4 is 0 Å². The first-order chi connectivity index (χ1) is 9.04. The Kier molecular flexibility index (Phi) is 6.20. The average molecular weight is 283 g/mol. The Labute approximate surface area is 113 Å². The van der Waals surface area contributed by atoms with Crippen LogP contribution in [0.5, 0.6) is 0 Å². The third-order valence-electron chi connectivity index (χ3n) is 2.31.